The first-order chi connectivity index (χ1) is 7.66. The van der Waals surface area contributed by atoms with E-state index in [1.54, 1.807) is 17.0 Å². The lowest BCUT2D eigenvalue weighted by molar-refractivity contribution is 0.0972. The van der Waals surface area contributed by atoms with E-state index >= 15 is 0 Å². The Bertz CT molecular complexity index is 514. The maximum absolute atomic E-state index is 12.8. The normalized spacial score (nSPS) is 9.76. The van der Waals surface area contributed by atoms with Crippen LogP contribution in [0.2, 0.25) is 5.02 Å². The topological polar surface area (TPSA) is 34.9 Å². The van der Waals surface area contributed by atoms with Crippen molar-refractivity contribution in [3.8, 4) is 0 Å². The fourth-order valence-corrected chi connectivity index (χ4v) is 1.62. The molecule has 1 heterocycles. The van der Waals surface area contributed by atoms with E-state index in [9.17, 15) is 9.18 Å². The van der Waals surface area contributed by atoms with Crippen molar-refractivity contribution >= 4 is 29.8 Å². The van der Waals surface area contributed by atoms with Crippen molar-refractivity contribution in [2.45, 2.75) is 6.54 Å². The van der Waals surface area contributed by atoms with Gasteiger partial charge in [0, 0.05) is 18.0 Å². The van der Waals surface area contributed by atoms with E-state index in [1.807, 2.05) is 0 Å². The third kappa shape index (κ3) is 3.28. The molecule has 0 saturated carbocycles. The number of carbonyl (C=O) groups excluding carboxylic acids is 1. The van der Waals surface area contributed by atoms with Crippen molar-refractivity contribution in [3.05, 3.63) is 53.3 Å². The number of carbonyl (C=O) groups is 1. The zero-order valence-corrected chi connectivity index (χ0v) is 10.2. The predicted molar refractivity (Wildman–Crippen MR) is 65.2 cm³/mol. The van der Waals surface area contributed by atoms with Crippen LogP contribution in [0.5, 0.6) is 0 Å². The van der Waals surface area contributed by atoms with Gasteiger partial charge in [0.2, 0.25) is 0 Å². The molecule has 0 aliphatic carbocycles. The molecule has 2 aromatic rings. The third-order valence-electron chi connectivity index (χ3n) is 2.12. The molecule has 0 spiro atoms. The van der Waals surface area contributed by atoms with Crippen LogP contribution < -0.4 is 0 Å². The second-order valence-electron chi connectivity index (χ2n) is 3.28. The summed E-state index contributed by atoms with van der Waals surface area (Å²) >= 11 is 5.78. The quantitative estimate of drug-likeness (QED) is 0.807. The van der Waals surface area contributed by atoms with Crippen molar-refractivity contribution < 1.29 is 9.18 Å². The van der Waals surface area contributed by atoms with Crippen LogP contribution >= 0.6 is 24.0 Å². The highest BCUT2D eigenvalue weighted by molar-refractivity contribution is 6.33. The van der Waals surface area contributed by atoms with Crippen molar-refractivity contribution in [3.63, 3.8) is 0 Å². The van der Waals surface area contributed by atoms with E-state index in [1.165, 1.54) is 18.5 Å². The van der Waals surface area contributed by atoms with E-state index in [-0.39, 0.29) is 29.8 Å². The molecular weight excluding hydrogens is 266 g/mol. The number of hydrogen-bond acceptors (Lipinski definition) is 2. The van der Waals surface area contributed by atoms with Gasteiger partial charge < -0.3 is 4.57 Å². The van der Waals surface area contributed by atoms with E-state index in [0.717, 1.165) is 6.07 Å². The molecule has 3 nitrogen and oxygen atoms in total. The Labute approximate surface area is 109 Å². The number of rotatable bonds is 3. The molecule has 0 N–H and O–H groups in total. The Morgan fingerprint density at radius 3 is 2.82 bits per heavy atom. The van der Waals surface area contributed by atoms with E-state index in [2.05, 4.69) is 4.98 Å². The predicted octanol–water partition coefficient (Wildman–Crippen LogP) is 2.98. The SMILES string of the molecule is Cl.O=C(Cn1ccnc1)c1ccc(F)cc1Cl. The van der Waals surface area contributed by atoms with Crippen LogP contribution in [0.4, 0.5) is 4.39 Å². The molecule has 17 heavy (non-hydrogen) atoms. The Morgan fingerprint density at radius 1 is 1.47 bits per heavy atom. The monoisotopic (exact) mass is 274 g/mol. The van der Waals surface area contributed by atoms with Crippen molar-refractivity contribution in [1.29, 1.82) is 0 Å². The van der Waals surface area contributed by atoms with Crippen LogP contribution in [-0.2, 0) is 6.54 Å². The summed E-state index contributed by atoms with van der Waals surface area (Å²) in [7, 11) is 0. The number of nitrogens with zero attached hydrogens (tertiary/aromatic N) is 2. The zero-order chi connectivity index (χ0) is 11.5. The Morgan fingerprint density at radius 2 is 2.24 bits per heavy atom. The summed E-state index contributed by atoms with van der Waals surface area (Å²) in [5.41, 5.74) is 0.316. The molecule has 0 atom stereocenters. The molecule has 2 rings (SSSR count). The van der Waals surface area contributed by atoms with Crippen LogP contribution in [0.1, 0.15) is 10.4 Å². The van der Waals surface area contributed by atoms with Crippen LogP contribution in [0.15, 0.2) is 36.9 Å². The summed E-state index contributed by atoms with van der Waals surface area (Å²) < 4.78 is 14.4. The number of benzene rings is 1. The summed E-state index contributed by atoms with van der Waals surface area (Å²) in [6.45, 7) is 0.144. The number of ketones is 1. The lowest BCUT2D eigenvalue weighted by atomic mass is 10.1. The van der Waals surface area contributed by atoms with Crippen LogP contribution in [0.3, 0.4) is 0 Å². The van der Waals surface area contributed by atoms with Gasteiger partial charge in [0.25, 0.3) is 0 Å². The highest BCUT2D eigenvalue weighted by atomic mass is 35.5. The molecule has 1 aromatic carbocycles. The van der Waals surface area contributed by atoms with E-state index in [4.69, 9.17) is 11.6 Å². The number of hydrogen-bond donors (Lipinski definition) is 0. The minimum absolute atomic E-state index is 0. The van der Waals surface area contributed by atoms with Gasteiger partial charge in [0.15, 0.2) is 5.78 Å². The second-order valence-corrected chi connectivity index (χ2v) is 3.69. The first kappa shape index (κ1) is 13.7. The fourth-order valence-electron chi connectivity index (χ4n) is 1.35. The van der Waals surface area contributed by atoms with Crippen molar-refractivity contribution in [1.82, 2.24) is 9.55 Å². The number of Topliss-reactive ketones (excluding diaryl/α,β-unsaturated/α-hetero) is 1. The smallest absolute Gasteiger partial charge is 0.184 e. The van der Waals surface area contributed by atoms with Gasteiger partial charge in [0.05, 0.1) is 17.9 Å². The van der Waals surface area contributed by atoms with Crippen molar-refractivity contribution in [2.75, 3.05) is 0 Å². The van der Waals surface area contributed by atoms with E-state index in [0.29, 0.717) is 5.56 Å². The summed E-state index contributed by atoms with van der Waals surface area (Å²) in [5.74, 6) is -0.632. The number of imidazole rings is 1. The average Bonchev–Trinajstić information content (AvgIpc) is 2.70. The van der Waals surface area contributed by atoms with Gasteiger partial charge in [-0.2, -0.15) is 0 Å². The molecule has 1 aromatic heterocycles. The Hall–Kier alpha value is -1.39. The van der Waals surface area contributed by atoms with Crippen molar-refractivity contribution in [2.24, 2.45) is 0 Å². The molecule has 0 saturated heterocycles. The summed E-state index contributed by atoms with van der Waals surface area (Å²) in [6.07, 6.45) is 4.80. The molecule has 0 amide bonds. The standard InChI is InChI=1S/C11H8ClFN2O.ClH/c12-10-5-8(13)1-2-9(10)11(16)6-15-4-3-14-7-15;/h1-5,7H,6H2;1H. The molecule has 90 valence electrons. The van der Waals surface area contributed by atoms with Gasteiger partial charge in [-0.25, -0.2) is 9.37 Å². The summed E-state index contributed by atoms with van der Waals surface area (Å²) in [6, 6.07) is 3.73. The molecule has 0 aliphatic heterocycles. The number of aromatic nitrogens is 2. The molecule has 0 bridgehead atoms. The summed E-state index contributed by atoms with van der Waals surface area (Å²) in [5, 5.41) is 0.130. The van der Waals surface area contributed by atoms with Gasteiger partial charge >= 0.3 is 0 Å². The largest absolute Gasteiger partial charge is 0.330 e. The van der Waals surface area contributed by atoms with Gasteiger partial charge in [-0.3, -0.25) is 4.79 Å². The maximum Gasteiger partial charge on any atom is 0.184 e. The minimum atomic E-state index is -0.454. The first-order valence-electron chi connectivity index (χ1n) is 4.61. The molecule has 0 radical (unpaired) electrons. The van der Waals surface area contributed by atoms with Crippen LogP contribution in [0.25, 0.3) is 0 Å². The van der Waals surface area contributed by atoms with E-state index < -0.39 is 5.82 Å². The Balaban J connectivity index is 0.00000144. The first-order valence-corrected chi connectivity index (χ1v) is 4.98. The molecule has 6 heteroatoms. The lowest BCUT2D eigenvalue weighted by Crippen LogP contribution is -2.09. The van der Waals surface area contributed by atoms with Gasteiger partial charge in [-0.05, 0) is 18.2 Å². The molecule has 0 fully saturated rings. The fraction of sp³-hybridized carbons (Fsp3) is 0.0909. The van der Waals surface area contributed by atoms with Gasteiger partial charge in [-0.1, -0.05) is 11.6 Å². The lowest BCUT2D eigenvalue weighted by Gasteiger charge is -2.04. The van der Waals surface area contributed by atoms with Crippen LogP contribution in [0, 0.1) is 5.82 Å². The molecular formula is C11H9Cl2FN2O. The average molecular weight is 275 g/mol. The maximum atomic E-state index is 12.8. The zero-order valence-electron chi connectivity index (χ0n) is 8.64. The second kappa shape index (κ2) is 5.80. The van der Waals surface area contributed by atoms with Crippen LogP contribution in [-0.4, -0.2) is 15.3 Å². The van der Waals surface area contributed by atoms with Gasteiger partial charge in [-0.15, -0.1) is 12.4 Å². The summed E-state index contributed by atoms with van der Waals surface area (Å²) in [4.78, 5) is 15.6. The molecule has 0 aliphatic rings. The minimum Gasteiger partial charge on any atom is -0.330 e. The number of halogens is 3. The third-order valence-corrected chi connectivity index (χ3v) is 2.43. The highest BCUT2D eigenvalue weighted by Gasteiger charge is 2.11. The highest BCUT2D eigenvalue weighted by Crippen LogP contribution is 2.18. The molecule has 0 unspecified atom stereocenters. The van der Waals surface area contributed by atoms with Gasteiger partial charge in [0.1, 0.15) is 5.82 Å². The Kier molecular flexibility index (Phi) is 4.66.